The van der Waals surface area contributed by atoms with E-state index in [-0.39, 0.29) is 5.92 Å². The zero-order valence-corrected chi connectivity index (χ0v) is 10.1. The highest BCUT2D eigenvalue weighted by Crippen LogP contribution is 2.70. The van der Waals surface area contributed by atoms with Crippen LogP contribution in [0.3, 0.4) is 0 Å². The van der Waals surface area contributed by atoms with E-state index in [1.54, 1.807) is 0 Å². The molecule has 4 saturated carbocycles. The minimum atomic E-state index is -0.415. The molecule has 0 saturated heterocycles. The van der Waals surface area contributed by atoms with E-state index in [1.807, 2.05) is 6.92 Å². The van der Waals surface area contributed by atoms with E-state index >= 15 is 0 Å². The van der Waals surface area contributed by atoms with E-state index in [9.17, 15) is 14.4 Å². The second-order valence-corrected chi connectivity index (χ2v) is 6.74. The Kier molecular flexibility index (Phi) is 2.00. The molecule has 0 aromatic heterocycles. The fourth-order valence-corrected chi connectivity index (χ4v) is 5.28. The zero-order valence-electron chi connectivity index (χ0n) is 10.1. The Labute approximate surface area is 101 Å². The van der Waals surface area contributed by atoms with Crippen LogP contribution in [0.15, 0.2) is 0 Å². The Bertz CT molecular complexity index is 374. The van der Waals surface area contributed by atoms with Gasteiger partial charge in [-0.25, -0.2) is 0 Å². The van der Waals surface area contributed by atoms with E-state index in [0.717, 1.165) is 38.1 Å². The minimum Gasteiger partial charge on any atom is -0.303 e. The van der Waals surface area contributed by atoms with Crippen LogP contribution in [-0.2, 0) is 14.4 Å². The van der Waals surface area contributed by atoms with Crippen molar-refractivity contribution in [3.05, 3.63) is 0 Å². The maximum atomic E-state index is 11.6. The van der Waals surface area contributed by atoms with E-state index in [0.29, 0.717) is 18.8 Å². The van der Waals surface area contributed by atoms with Crippen molar-refractivity contribution in [3.8, 4) is 0 Å². The van der Waals surface area contributed by atoms with Crippen molar-refractivity contribution in [1.29, 1.82) is 0 Å². The van der Waals surface area contributed by atoms with Gasteiger partial charge in [-0.2, -0.15) is 0 Å². The van der Waals surface area contributed by atoms with Gasteiger partial charge in [-0.15, -0.1) is 0 Å². The van der Waals surface area contributed by atoms with Crippen LogP contribution in [-0.4, -0.2) is 18.9 Å². The number of rotatable bonds is 3. The Balaban J connectivity index is 2.15. The third-order valence-corrected chi connectivity index (χ3v) is 5.84. The molecule has 0 aliphatic heterocycles. The number of aldehydes is 3. The van der Waals surface area contributed by atoms with Crippen molar-refractivity contribution in [3.63, 3.8) is 0 Å². The summed E-state index contributed by atoms with van der Waals surface area (Å²) in [5.74, 6) is 0.476. The van der Waals surface area contributed by atoms with Crippen LogP contribution in [0.5, 0.6) is 0 Å². The summed E-state index contributed by atoms with van der Waals surface area (Å²) in [5, 5.41) is 0. The van der Waals surface area contributed by atoms with Crippen LogP contribution >= 0.6 is 0 Å². The topological polar surface area (TPSA) is 51.2 Å². The number of carbonyl (C=O) groups excluding carboxylic acids is 3. The van der Waals surface area contributed by atoms with Crippen LogP contribution < -0.4 is 0 Å². The van der Waals surface area contributed by atoms with Gasteiger partial charge in [-0.05, 0) is 43.9 Å². The molecular formula is C14H18O3. The maximum Gasteiger partial charge on any atom is 0.126 e. The molecule has 4 aliphatic rings. The molecule has 2 unspecified atom stereocenters. The lowest BCUT2D eigenvalue weighted by atomic mass is 9.37. The van der Waals surface area contributed by atoms with Crippen LogP contribution in [0.4, 0.5) is 0 Å². The standard InChI is InChI=1S/C14H18O3/c1-10-13(8-16)3-11-2-12(5-13,7-15)6-14(10,4-11)9-17/h7-11H,2-6H2,1H3. The molecule has 2 atom stereocenters. The monoisotopic (exact) mass is 234 g/mol. The van der Waals surface area contributed by atoms with E-state index in [2.05, 4.69) is 0 Å². The van der Waals surface area contributed by atoms with Gasteiger partial charge in [0.15, 0.2) is 0 Å². The molecule has 0 aromatic rings. The molecule has 17 heavy (non-hydrogen) atoms. The van der Waals surface area contributed by atoms with Gasteiger partial charge in [0.2, 0.25) is 0 Å². The van der Waals surface area contributed by atoms with Crippen molar-refractivity contribution in [2.24, 2.45) is 28.1 Å². The summed E-state index contributed by atoms with van der Waals surface area (Å²) in [5.41, 5.74) is -1.22. The summed E-state index contributed by atoms with van der Waals surface area (Å²) in [7, 11) is 0. The third kappa shape index (κ3) is 1.15. The van der Waals surface area contributed by atoms with Gasteiger partial charge >= 0.3 is 0 Å². The number of carbonyl (C=O) groups is 3. The lowest BCUT2D eigenvalue weighted by Crippen LogP contribution is -2.63. The van der Waals surface area contributed by atoms with Crippen LogP contribution in [0.2, 0.25) is 0 Å². The second kappa shape index (κ2) is 3.06. The summed E-state index contributed by atoms with van der Waals surface area (Å²) in [4.78, 5) is 34.6. The largest absolute Gasteiger partial charge is 0.303 e. The minimum absolute atomic E-state index is 0.0922. The molecular weight excluding hydrogens is 216 g/mol. The first-order chi connectivity index (χ1) is 8.04. The quantitative estimate of drug-likeness (QED) is 0.699. The van der Waals surface area contributed by atoms with E-state index < -0.39 is 16.2 Å². The molecule has 0 aromatic carbocycles. The van der Waals surface area contributed by atoms with Crippen LogP contribution in [0.25, 0.3) is 0 Å². The average Bonchev–Trinajstić information content (AvgIpc) is 2.35. The summed E-state index contributed by atoms with van der Waals surface area (Å²) < 4.78 is 0. The molecule has 0 spiro atoms. The lowest BCUT2D eigenvalue weighted by Gasteiger charge is -2.65. The van der Waals surface area contributed by atoms with Crippen LogP contribution in [0, 0.1) is 28.1 Å². The summed E-state index contributed by atoms with van der Waals surface area (Å²) in [6.07, 6.45) is 7.08. The first-order valence-electron chi connectivity index (χ1n) is 6.43. The molecule has 92 valence electrons. The van der Waals surface area contributed by atoms with Crippen molar-refractivity contribution in [2.45, 2.75) is 39.0 Å². The molecule has 0 heterocycles. The Morgan fingerprint density at radius 1 is 0.882 bits per heavy atom. The summed E-state index contributed by atoms with van der Waals surface area (Å²) in [6, 6.07) is 0. The molecule has 4 bridgehead atoms. The predicted octanol–water partition coefficient (Wildman–Crippen LogP) is 1.79. The normalized spacial score (nSPS) is 55.6. The molecule has 0 amide bonds. The van der Waals surface area contributed by atoms with Crippen molar-refractivity contribution >= 4 is 18.9 Å². The zero-order chi connectivity index (χ0) is 12.3. The molecule has 4 rings (SSSR count). The highest BCUT2D eigenvalue weighted by Gasteiger charge is 2.67. The Morgan fingerprint density at radius 2 is 1.41 bits per heavy atom. The Morgan fingerprint density at radius 3 is 1.82 bits per heavy atom. The first kappa shape index (κ1) is 11.1. The molecule has 0 radical (unpaired) electrons. The van der Waals surface area contributed by atoms with Gasteiger partial charge in [0.1, 0.15) is 18.9 Å². The number of hydrogen-bond donors (Lipinski definition) is 0. The van der Waals surface area contributed by atoms with Crippen LogP contribution in [0.1, 0.15) is 39.0 Å². The molecule has 3 heteroatoms. The van der Waals surface area contributed by atoms with Gasteiger partial charge in [0.05, 0.1) is 0 Å². The predicted molar refractivity (Wildman–Crippen MR) is 61.2 cm³/mol. The third-order valence-electron chi connectivity index (χ3n) is 5.84. The van der Waals surface area contributed by atoms with Crippen molar-refractivity contribution in [2.75, 3.05) is 0 Å². The molecule has 4 aliphatic carbocycles. The van der Waals surface area contributed by atoms with Gasteiger partial charge in [-0.3, -0.25) is 0 Å². The van der Waals surface area contributed by atoms with Gasteiger partial charge in [0, 0.05) is 16.2 Å². The van der Waals surface area contributed by atoms with Gasteiger partial charge < -0.3 is 14.4 Å². The highest BCUT2D eigenvalue weighted by atomic mass is 16.1. The SMILES string of the molecule is CC1C2(C=O)CC3CC(C=O)(C2)CC1(C=O)C3. The summed E-state index contributed by atoms with van der Waals surface area (Å²) in [6.45, 7) is 2.03. The second-order valence-electron chi connectivity index (χ2n) is 6.74. The summed E-state index contributed by atoms with van der Waals surface area (Å²) >= 11 is 0. The van der Waals surface area contributed by atoms with E-state index in [1.165, 1.54) is 0 Å². The van der Waals surface area contributed by atoms with Crippen molar-refractivity contribution in [1.82, 2.24) is 0 Å². The van der Waals surface area contributed by atoms with Gasteiger partial charge in [-0.1, -0.05) is 6.92 Å². The average molecular weight is 234 g/mol. The number of hydrogen-bond acceptors (Lipinski definition) is 3. The maximum absolute atomic E-state index is 11.6. The van der Waals surface area contributed by atoms with E-state index in [4.69, 9.17) is 0 Å². The van der Waals surface area contributed by atoms with Gasteiger partial charge in [0.25, 0.3) is 0 Å². The van der Waals surface area contributed by atoms with Crippen molar-refractivity contribution < 1.29 is 14.4 Å². The first-order valence-corrected chi connectivity index (χ1v) is 6.43. The smallest absolute Gasteiger partial charge is 0.126 e. The molecule has 4 fully saturated rings. The fourth-order valence-electron chi connectivity index (χ4n) is 5.28. The molecule has 3 nitrogen and oxygen atoms in total. The fraction of sp³-hybridized carbons (Fsp3) is 0.786. The lowest BCUT2D eigenvalue weighted by molar-refractivity contribution is -0.188. The Hall–Kier alpha value is -0.990. The highest BCUT2D eigenvalue weighted by molar-refractivity contribution is 5.73. The molecule has 0 N–H and O–H groups in total.